The van der Waals surface area contributed by atoms with Crippen LogP contribution in [0.4, 0.5) is 31.1 Å². The van der Waals surface area contributed by atoms with E-state index in [0.717, 1.165) is 31.4 Å². The van der Waals surface area contributed by atoms with Crippen LogP contribution < -0.4 is 5.32 Å². The van der Waals surface area contributed by atoms with Gasteiger partial charge in [0.05, 0.1) is 69.6 Å². The van der Waals surface area contributed by atoms with Gasteiger partial charge in [-0.3, -0.25) is 29.1 Å². The summed E-state index contributed by atoms with van der Waals surface area (Å²) >= 11 is 0. The van der Waals surface area contributed by atoms with Crippen molar-refractivity contribution in [3.05, 3.63) is 71.6 Å². The number of urea groups is 1. The van der Waals surface area contributed by atoms with Crippen LogP contribution in [-0.2, 0) is 37.1 Å². The first-order valence-electron chi connectivity index (χ1n) is 15.8. The number of benzene rings is 1. The van der Waals surface area contributed by atoms with Crippen LogP contribution in [0.15, 0.2) is 48.9 Å². The van der Waals surface area contributed by atoms with Crippen molar-refractivity contribution in [3.8, 4) is 11.1 Å². The minimum absolute atomic E-state index is 0.104. The predicted molar refractivity (Wildman–Crippen MR) is 158 cm³/mol. The minimum Gasteiger partial charge on any atom is -0.378 e. The van der Waals surface area contributed by atoms with Crippen LogP contribution in [0.5, 0.6) is 0 Å². The first-order chi connectivity index (χ1) is 23.7. The maximum Gasteiger partial charge on any atom is 0.416 e. The van der Waals surface area contributed by atoms with E-state index in [-0.39, 0.29) is 17.3 Å². The molecule has 0 radical (unpaired) electrons. The van der Waals surface area contributed by atoms with Crippen molar-refractivity contribution in [2.45, 2.75) is 48.2 Å². The molecule has 1 atom stereocenters. The molecule has 264 valence electrons. The largest absolute Gasteiger partial charge is 0.416 e. The van der Waals surface area contributed by atoms with Crippen molar-refractivity contribution < 1.29 is 50.2 Å². The Morgan fingerprint density at radius 3 is 2.38 bits per heavy atom. The van der Waals surface area contributed by atoms with Gasteiger partial charge < -0.3 is 19.7 Å². The fourth-order valence-electron chi connectivity index (χ4n) is 7.20. The number of alkyl halides is 5. The molecule has 3 aromatic rings. The molecule has 0 unspecified atom stereocenters. The SMILES string of the molecule is O=C1N[C@]2(CC(F)(F)c3cc(-c4cnn(C5CN(C6COC6)C5)c4)ccc32)C(=O)N1CC(=O)N(Cc1ccc(F)cn1)C1(C(F)(F)F)COC1. The van der Waals surface area contributed by atoms with E-state index >= 15 is 8.78 Å². The van der Waals surface area contributed by atoms with Crippen LogP contribution in [-0.4, -0.2) is 111 Å². The van der Waals surface area contributed by atoms with E-state index in [4.69, 9.17) is 9.47 Å². The molecule has 1 aromatic carbocycles. The molecule has 5 aliphatic rings. The zero-order valence-electron chi connectivity index (χ0n) is 26.1. The van der Waals surface area contributed by atoms with Gasteiger partial charge in [0.25, 0.3) is 11.8 Å². The quantitative estimate of drug-likeness (QED) is 0.281. The molecule has 4 saturated heterocycles. The fraction of sp³-hybridized carbons (Fsp3) is 0.469. The Bertz CT molecular complexity index is 1870. The predicted octanol–water partition coefficient (Wildman–Crippen LogP) is 2.94. The van der Waals surface area contributed by atoms with Crippen LogP contribution >= 0.6 is 0 Å². The van der Waals surface area contributed by atoms with Crippen molar-refractivity contribution in [3.63, 3.8) is 0 Å². The van der Waals surface area contributed by atoms with Crippen molar-refractivity contribution >= 4 is 17.8 Å². The number of aromatic nitrogens is 3. The van der Waals surface area contributed by atoms with Gasteiger partial charge in [-0.1, -0.05) is 12.1 Å². The van der Waals surface area contributed by atoms with Crippen LogP contribution in [0.1, 0.15) is 29.3 Å². The Hall–Kier alpha value is -4.55. The van der Waals surface area contributed by atoms with E-state index in [2.05, 4.69) is 20.3 Å². The van der Waals surface area contributed by atoms with Crippen LogP contribution in [0.2, 0.25) is 0 Å². The summed E-state index contributed by atoms with van der Waals surface area (Å²) in [5, 5.41) is 6.73. The highest BCUT2D eigenvalue weighted by Gasteiger charge is 2.67. The Labute approximate surface area is 279 Å². The molecule has 4 fully saturated rings. The summed E-state index contributed by atoms with van der Waals surface area (Å²) in [4.78, 5) is 47.4. The molecule has 0 saturated carbocycles. The normalized spacial score (nSPS) is 24.5. The lowest BCUT2D eigenvalue weighted by Gasteiger charge is -2.50. The third-order valence-corrected chi connectivity index (χ3v) is 10.3. The molecule has 1 aliphatic carbocycles. The summed E-state index contributed by atoms with van der Waals surface area (Å²) in [6.45, 7) is -0.838. The first kappa shape index (κ1) is 32.6. The molecule has 4 amide bonds. The van der Waals surface area contributed by atoms with Gasteiger partial charge in [-0.2, -0.15) is 18.3 Å². The lowest BCUT2D eigenvalue weighted by molar-refractivity contribution is -0.302. The first-order valence-corrected chi connectivity index (χ1v) is 15.8. The topological polar surface area (TPSA) is 122 Å². The van der Waals surface area contributed by atoms with Crippen molar-refractivity contribution in [2.24, 2.45) is 0 Å². The Balaban J connectivity index is 1.04. The number of imide groups is 1. The van der Waals surface area contributed by atoms with E-state index in [1.807, 2.05) is 0 Å². The molecule has 50 heavy (non-hydrogen) atoms. The van der Waals surface area contributed by atoms with E-state index in [1.54, 1.807) is 17.1 Å². The Morgan fingerprint density at radius 1 is 1.00 bits per heavy atom. The highest BCUT2D eigenvalue weighted by molar-refractivity contribution is 6.10. The lowest BCUT2D eigenvalue weighted by atomic mass is 9.90. The molecule has 8 rings (SSSR count). The van der Waals surface area contributed by atoms with Crippen molar-refractivity contribution in [2.75, 3.05) is 46.1 Å². The minimum atomic E-state index is -5.00. The van der Waals surface area contributed by atoms with Gasteiger partial charge >= 0.3 is 12.2 Å². The van der Waals surface area contributed by atoms with Crippen LogP contribution in [0.3, 0.4) is 0 Å². The zero-order valence-corrected chi connectivity index (χ0v) is 26.1. The maximum atomic E-state index is 15.7. The second-order valence-electron chi connectivity index (χ2n) is 13.3. The van der Waals surface area contributed by atoms with E-state index in [9.17, 15) is 31.9 Å². The molecular formula is C32H29F6N7O5. The number of carbonyl (C=O) groups excluding carboxylic acids is 3. The fourth-order valence-corrected chi connectivity index (χ4v) is 7.20. The van der Waals surface area contributed by atoms with E-state index in [1.165, 1.54) is 18.2 Å². The summed E-state index contributed by atoms with van der Waals surface area (Å²) in [6.07, 6.45) is -2.07. The monoisotopic (exact) mass is 705 g/mol. The number of amides is 4. The van der Waals surface area contributed by atoms with Gasteiger partial charge in [-0.25, -0.2) is 18.0 Å². The van der Waals surface area contributed by atoms with Gasteiger partial charge in [0.1, 0.15) is 12.4 Å². The van der Waals surface area contributed by atoms with Crippen LogP contribution in [0.25, 0.3) is 11.1 Å². The number of carbonyl (C=O) groups is 3. The molecular weight excluding hydrogens is 676 g/mol. The summed E-state index contributed by atoms with van der Waals surface area (Å²) in [6, 6.07) is 5.41. The number of halogens is 6. The number of hydrogen-bond donors (Lipinski definition) is 1. The Kier molecular flexibility index (Phi) is 7.33. The third-order valence-electron chi connectivity index (χ3n) is 10.3. The third kappa shape index (κ3) is 4.98. The molecule has 1 N–H and O–H groups in total. The van der Waals surface area contributed by atoms with Crippen LogP contribution in [0, 0.1) is 5.82 Å². The van der Waals surface area contributed by atoms with Crippen molar-refractivity contribution in [1.29, 1.82) is 0 Å². The zero-order chi connectivity index (χ0) is 35.2. The molecule has 12 nitrogen and oxygen atoms in total. The lowest BCUT2D eigenvalue weighted by Crippen LogP contribution is -2.72. The smallest absolute Gasteiger partial charge is 0.378 e. The number of nitrogens with one attached hydrogen (secondary N) is 1. The standard InChI is InChI=1S/C32H29F6N7O5/c33-20-2-3-21(39-7-20)9-44(29(16-50-17-29)32(36,37)38)26(46)12-43-27(47)30(41-28(43)48)15-31(34,35)25-5-18(1-4-24(25)30)19-6-40-45(8-19)22-10-42(11-22)23-13-49-14-23/h1-8,22-23H,9-17H2,(H,41,48)/t30-/m0/s1. The number of hydrogen-bond acceptors (Lipinski definition) is 8. The number of rotatable bonds is 8. The van der Waals surface area contributed by atoms with Gasteiger partial charge in [-0.05, 0) is 29.3 Å². The number of nitrogens with zero attached hydrogens (tertiary/aromatic N) is 6. The summed E-state index contributed by atoms with van der Waals surface area (Å²) in [5.41, 5.74) is -4.90. The molecule has 2 aromatic heterocycles. The number of pyridine rings is 1. The second kappa shape index (κ2) is 11.2. The molecule has 1 spiro atoms. The average molecular weight is 706 g/mol. The van der Waals surface area contributed by atoms with Gasteiger partial charge in [-0.15, -0.1) is 0 Å². The molecule has 18 heteroatoms. The molecule has 0 bridgehead atoms. The Morgan fingerprint density at radius 2 is 1.76 bits per heavy atom. The number of ether oxygens (including phenoxy) is 2. The maximum absolute atomic E-state index is 15.7. The van der Waals surface area contributed by atoms with Gasteiger partial charge in [0, 0.05) is 30.4 Å². The average Bonchev–Trinajstić information content (AvgIpc) is 3.62. The summed E-state index contributed by atoms with van der Waals surface area (Å²) < 4.78 is 99.8. The molecule has 4 aliphatic heterocycles. The van der Waals surface area contributed by atoms with E-state index in [0.29, 0.717) is 40.2 Å². The van der Waals surface area contributed by atoms with Gasteiger partial charge in [0.15, 0.2) is 11.1 Å². The second-order valence-corrected chi connectivity index (χ2v) is 13.3. The highest BCUT2D eigenvalue weighted by atomic mass is 19.4. The summed E-state index contributed by atoms with van der Waals surface area (Å²) in [7, 11) is 0. The molecule has 6 heterocycles. The van der Waals surface area contributed by atoms with E-state index < -0.39 is 85.1 Å². The highest BCUT2D eigenvalue weighted by Crippen LogP contribution is 2.54. The van der Waals surface area contributed by atoms with Gasteiger partial charge in [0.2, 0.25) is 5.91 Å². The number of fused-ring (bicyclic) bond motifs is 2. The van der Waals surface area contributed by atoms with Crippen molar-refractivity contribution in [1.82, 2.24) is 34.8 Å². The summed E-state index contributed by atoms with van der Waals surface area (Å²) in [5.74, 6) is -6.87. The number of likely N-dealkylation sites (tertiary alicyclic amines) is 1.